The van der Waals surface area contributed by atoms with E-state index in [1.807, 2.05) is 0 Å². The first-order valence-corrected chi connectivity index (χ1v) is 18.3. The van der Waals surface area contributed by atoms with E-state index in [9.17, 15) is 0 Å². The lowest BCUT2D eigenvalue weighted by Crippen LogP contribution is -2.42. The third-order valence-electron chi connectivity index (χ3n) is 9.07. The Bertz CT molecular complexity index is 1270. The zero-order valence-electron chi connectivity index (χ0n) is 29.5. The van der Waals surface area contributed by atoms with E-state index in [1.165, 1.54) is 27.5 Å². The summed E-state index contributed by atoms with van der Waals surface area (Å²) in [6, 6.07) is 24.7. The van der Waals surface area contributed by atoms with Gasteiger partial charge in [-0.3, -0.25) is 14.7 Å². The molecule has 2 saturated heterocycles. The molecule has 2 heterocycles. The van der Waals surface area contributed by atoms with E-state index in [4.69, 9.17) is 23.7 Å². The second-order valence-electron chi connectivity index (χ2n) is 12.9. The highest BCUT2D eigenvalue weighted by molar-refractivity contribution is 5.82. The highest BCUT2D eigenvalue weighted by atomic mass is 16.6. The van der Waals surface area contributed by atoms with Gasteiger partial charge in [-0.1, -0.05) is 60.7 Å². The van der Waals surface area contributed by atoms with Gasteiger partial charge in [-0.05, 0) is 33.5 Å². The molecule has 2 N–H and O–H groups in total. The van der Waals surface area contributed by atoms with Gasteiger partial charge < -0.3 is 34.3 Å². The molecule has 0 spiro atoms. The maximum Gasteiger partial charge on any atom is 0.0701 e. The van der Waals surface area contributed by atoms with Crippen LogP contribution in [0.1, 0.15) is 16.7 Å². The highest BCUT2D eigenvalue weighted by Crippen LogP contribution is 2.17. The Morgan fingerprint density at radius 2 is 0.755 bits per heavy atom. The lowest BCUT2D eigenvalue weighted by Gasteiger charge is -2.27. The Morgan fingerprint density at radius 3 is 1.22 bits per heavy atom. The summed E-state index contributed by atoms with van der Waals surface area (Å²) in [5.74, 6) is 0. The average Bonchev–Trinajstić information content (AvgIpc) is 3.11. The van der Waals surface area contributed by atoms with Crippen LogP contribution in [-0.4, -0.2) is 146 Å². The van der Waals surface area contributed by atoms with Gasteiger partial charge in [0.05, 0.1) is 66.1 Å². The fraction of sp³-hybridized carbons (Fsp3) is 0.590. The van der Waals surface area contributed by atoms with Crippen molar-refractivity contribution in [2.75, 3.05) is 132 Å². The molecule has 10 nitrogen and oxygen atoms in total. The Morgan fingerprint density at radius 1 is 0.388 bits per heavy atom. The Hall–Kier alpha value is -2.48. The van der Waals surface area contributed by atoms with Gasteiger partial charge in [0, 0.05) is 85.1 Å². The van der Waals surface area contributed by atoms with Gasteiger partial charge >= 0.3 is 0 Å². The Balaban J connectivity index is 1.04. The number of hydrogen-bond donors (Lipinski definition) is 2. The maximum absolute atomic E-state index is 5.86. The molecule has 2 aliphatic heterocycles. The van der Waals surface area contributed by atoms with Crippen LogP contribution in [0.5, 0.6) is 0 Å². The number of benzene rings is 3. The van der Waals surface area contributed by atoms with Gasteiger partial charge in [0.2, 0.25) is 0 Å². The lowest BCUT2D eigenvalue weighted by atomic mass is 10.1. The van der Waals surface area contributed by atoms with Crippen LogP contribution in [0, 0.1) is 0 Å². The number of nitrogens with zero attached hydrogens (tertiary/aromatic N) is 3. The van der Waals surface area contributed by atoms with Crippen LogP contribution in [0.3, 0.4) is 0 Å². The van der Waals surface area contributed by atoms with Crippen LogP contribution in [0.15, 0.2) is 66.7 Å². The SMILES string of the molecule is c1ccc2cc(CN3CCNCCN(Cc4ccc(CN5CCOCCOCCOCCOCCOCC5)cc4)CCNCC3)ccc2c1. The molecule has 0 saturated carbocycles. The van der Waals surface area contributed by atoms with Crippen LogP contribution in [0.4, 0.5) is 0 Å². The zero-order valence-corrected chi connectivity index (χ0v) is 29.5. The molecule has 0 aromatic heterocycles. The summed E-state index contributed by atoms with van der Waals surface area (Å²) in [6.45, 7) is 18.6. The van der Waals surface area contributed by atoms with Crippen LogP contribution in [-0.2, 0) is 43.3 Å². The van der Waals surface area contributed by atoms with Crippen LogP contribution in [0.2, 0.25) is 0 Å². The predicted octanol–water partition coefficient (Wildman–Crippen LogP) is 3.24. The largest absolute Gasteiger partial charge is 0.378 e. The fourth-order valence-electron chi connectivity index (χ4n) is 6.24. The predicted molar refractivity (Wildman–Crippen MR) is 196 cm³/mol. The third-order valence-corrected chi connectivity index (χ3v) is 9.07. The van der Waals surface area contributed by atoms with Crippen molar-refractivity contribution in [2.45, 2.75) is 19.6 Å². The first-order valence-electron chi connectivity index (χ1n) is 18.3. The number of rotatable bonds is 6. The minimum atomic E-state index is 0.576. The molecule has 0 aliphatic carbocycles. The fourth-order valence-corrected chi connectivity index (χ4v) is 6.24. The third kappa shape index (κ3) is 15.1. The molecule has 0 unspecified atom stereocenters. The van der Waals surface area contributed by atoms with Crippen molar-refractivity contribution in [1.29, 1.82) is 0 Å². The van der Waals surface area contributed by atoms with Crippen LogP contribution in [0.25, 0.3) is 10.8 Å². The summed E-state index contributed by atoms with van der Waals surface area (Å²) in [4.78, 5) is 7.54. The molecular formula is C39H59N5O5. The van der Waals surface area contributed by atoms with Crippen molar-refractivity contribution in [1.82, 2.24) is 25.3 Å². The zero-order chi connectivity index (χ0) is 33.6. The smallest absolute Gasteiger partial charge is 0.0701 e. The quantitative estimate of drug-likeness (QED) is 0.406. The molecule has 0 radical (unpaired) electrons. The molecule has 270 valence electrons. The number of ether oxygens (including phenoxy) is 5. The van der Waals surface area contributed by atoms with Crippen LogP contribution >= 0.6 is 0 Å². The first kappa shape index (κ1) is 37.8. The van der Waals surface area contributed by atoms with Gasteiger partial charge in [-0.25, -0.2) is 0 Å². The van der Waals surface area contributed by atoms with E-state index in [-0.39, 0.29) is 0 Å². The molecular weight excluding hydrogens is 618 g/mol. The topological polar surface area (TPSA) is 79.9 Å². The monoisotopic (exact) mass is 677 g/mol. The maximum atomic E-state index is 5.86. The average molecular weight is 678 g/mol. The second-order valence-corrected chi connectivity index (χ2v) is 12.9. The van der Waals surface area contributed by atoms with E-state index in [2.05, 4.69) is 92.1 Å². The molecule has 3 aromatic rings. The number of fused-ring (bicyclic) bond motifs is 1. The Labute approximate surface area is 293 Å². The molecule has 0 bridgehead atoms. The molecule has 0 atom stereocenters. The molecule has 10 heteroatoms. The van der Waals surface area contributed by atoms with Crippen molar-refractivity contribution in [3.8, 4) is 0 Å². The minimum Gasteiger partial charge on any atom is -0.378 e. The minimum absolute atomic E-state index is 0.576. The summed E-state index contributed by atoms with van der Waals surface area (Å²) in [7, 11) is 0. The molecule has 5 rings (SSSR count). The Kier molecular flexibility index (Phi) is 17.8. The van der Waals surface area contributed by atoms with Gasteiger partial charge in [0.1, 0.15) is 0 Å². The van der Waals surface area contributed by atoms with E-state index >= 15 is 0 Å². The lowest BCUT2D eigenvalue weighted by molar-refractivity contribution is -0.0189. The van der Waals surface area contributed by atoms with E-state index in [0.29, 0.717) is 66.1 Å². The normalized spacial score (nSPS) is 20.9. The van der Waals surface area contributed by atoms with Crippen molar-refractivity contribution < 1.29 is 23.7 Å². The van der Waals surface area contributed by atoms with Crippen LogP contribution < -0.4 is 10.6 Å². The number of hydrogen-bond acceptors (Lipinski definition) is 10. The standard InChI is InChI=1S/C39H59N5O5/c1-2-4-39-31-37(9-10-38(39)3-1)34-43-17-13-40-11-15-42(16-12-41-14-18-43)32-35-5-7-36(8-6-35)33-44-19-21-45-23-25-47-27-29-49-30-28-48-26-24-46-22-20-44/h1-10,31,40-41H,11-30,32-34H2. The summed E-state index contributed by atoms with van der Waals surface area (Å²) >= 11 is 0. The molecule has 3 aromatic carbocycles. The molecule has 0 amide bonds. The molecule has 2 fully saturated rings. The second kappa shape index (κ2) is 23.1. The van der Waals surface area contributed by atoms with Gasteiger partial charge in [0.15, 0.2) is 0 Å². The van der Waals surface area contributed by atoms with Gasteiger partial charge in [-0.15, -0.1) is 0 Å². The van der Waals surface area contributed by atoms with Crippen molar-refractivity contribution in [3.63, 3.8) is 0 Å². The summed E-state index contributed by atoms with van der Waals surface area (Å²) < 4.78 is 28.4. The molecule has 49 heavy (non-hydrogen) atoms. The summed E-state index contributed by atoms with van der Waals surface area (Å²) in [5.41, 5.74) is 4.05. The molecule has 2 aliphatic rings. The van der Waals surface area contributed by atoms with E-state index in [0.717, 1.165) is 85.1 Å². The van der Waals surface area contributed by atoms with Gasteiger partial charge in [-0.2, -0.15) is 0 Å². The van der Waals surface area contributed by atoms with Crippen molar-refractivity contribution >= 4 is 10.8 Å². The first-order chi connectivity index (χ1) is 24.3. The highest BCUT2D eigenvalue weighted by Gasteiger charge is 2.12. The van der Waals surface area contributed by atoms with Crippen molar-refractivity contribution in [3.05, 3.63) is 83.4 Å². The number of nitrogens with one attached hydrogen (secondary N) is 2. The van der Waals surface area contributed by atoms with Crippen molar-refractivity contribution in [2.24, 2.45) is 0 Å². The van der Waals surface area contributed by atoms with E-state index in [1.54, 1.807) is 0 Å². The van der Waals surface area contributed by atoms with E-state index < -0.39 is 0 Å². The van der Waals surface area contributed by atoms with Gasteiger partial charge in [0.25, 0.3) is 0 Å². The summed E-state index contributed by atoms with van der Waals surface area (Å²) in [5, 5.41) is 10.1. The summed E-state index contributed by atoms with van der Waals surface area (Å²) in [6.07, 6.45) is 0.